The standard InChI is InChI=1S/C17H23N3OS/c1-3-6-20-11-13(10-19-20)9-18-17(21)16-8-14-7-12(2)4-5-15(14)22-16/h8,10-12H,3-7,9H2,1-2H3,(H,18,21)/t12-/m1/s1. The number of aromatic nitrogens is 2. The van der Waals surface area contributed by atoms with Crippen LogP contribution in [0.1, 0.15) is 52.4 Å². The number of hydrogen-bond donors (Lipinski definition) is 1. The van der Waals surface area contributed by atoms with E-state index in [0.717, 1.165) is 42.2 Å². The van der Waals surface area contributed by atoms with Crippen LogP contribution in [-0.4, -0.2) is 15.7 Å². The molecule has 4 nitrogen and oxygen atoms in total. The Balaban J connectivity index is 1.60. The van der Waals surface area contributed by atoms with Crippen molar-refractivity contribution < 1.29 is 4.79 Å². The van der Waals surface area contributed by atoms with Crippen molar-refractivity contribution in [1.82, 2.24) is 15.1 Å². The number of nitrogens with zero attached hydrogens (tertiary/aromatic N) is 2. The summed E-state index contributed by atoms with van der Waals surface area (Å²) in [5.74, 6) is 0.776. The minimum atomic E-state index is 0.0373. The Labute approximate surface area is 135 Å². The van der Waals surface area contributed by atoms with Gasteiger partial charge in [0.05, 0.1) is 11.1 Å². The van der Waals surface area contributed by atoms with Crippen molar-refractivity contribution in [3.63, 3.8) is 0 Å². The Morgan fingerprint density at radius 1 is 1.55 bits per heavy atom. The van der Waals surface area contributed by atoms with Crippen LogP contribution in [0.3, 0.4) is 0 Å². The minimum absolute atomic E-state index is 0.0373. The summed E-state index contributed by atoms with van der Waals surface area (Å²) in [6.07, 6.45) is 8.38. The molecule has 0 unspecified atom stereocenters. The molecule has 2 aromatic rings. The van der Waals surface area contributed by atoms with Gasteiger partial charge in [0.2, 0.25) is 0 Å². The van der Waals surface area contributed by atoms with Gasteiger partial charge in [0.15, 0.2) is 0 Å². The van der Waals surface area contributed by atoms with Crippen LogP contribution in [0.15, 0.2) is 18.5 Å². The Hall–Kier alpha value is -1.62. The molecule has 1 aliphatic rings. The Morgan fingerprint density at radius 3 is 3.23 bits per heavy atom. The predicted octanol–water partition coefficient (Wildman–Crippen LogP) is 3.41. The molecule has 22 heavy (non-hydrogen) atoms. The Kier molecular flexibility index (Phi) is 4.62. The quantitative estimate of drug-likeness (QED) is 0.918. The van der Waals surface area contributed by atoms with Gasteiger partial charge in [0, 0.05) is 29.7 Å². The molecule has 2 aromatic heterocycles. The molecule has 0 saturated heterocycles. The van der Waals surface area contributed by atoms with E-state index in [1.165, 1.54) is 16.9 Å². The van der Waals surface area contributed by atoms with Gasteiger partial charge in [-0.1, -0.05) is 13.8 Å². The third-order valence-electron chi connectivity index (χ3n) is 4.15. The molecule has 0 fully saturated rings. The van der Waals surface area contributed by atoms with Crippen LogP contribution in [0.2, 0.25) is 0 Å². The van der Waals surface area contributed by atoms with E-state index in [4.69, 9.17) is 0 Å². The van der Waals surface area contributed by atoms with Gasteiger partial charge in [-0.05, 0) is 43.2 Å². The fourth-order valence-electron chi connectivity index (χ4n) is 2.94. The molecule has 2 heterocycles. The smallest absolute Gasteiger partial charge is 0.261 e. The second kappa shape index (κ2) is 6.65. The van der Waals surface area contributed by atoms with Crippen LogP contribution in [0, 0.1) is 5.92 Å². The summed E-state index contributed by atoms with van der Waals surface area (Å²) in [6.45, 7) is 5.88. The van der Waals surface area contributed by atoms with E-state index in [9.17, 15) is 4.79 Å². The zero-order valence-corrected chi connectivity index (χ0v) is 14.1. The molecule has 0 aromatic carbocycles. The number of hydrogen-bond acceptors (Lipinski definition) is 3. The van der Waals surface area contributed by atoms with Crippen LogP contribution in [0.4, 0.5) is 0 Å². The third kappa shape index (κ3) is 3.40. The SMILES string of the molecule is CCCn1cc(CNC(=O)c2cc3c(s2)CC[C@@H](C)C3)cn1. The van der Waals surface area contributed by atoms with E-state index in [2.05, 4.69) is 30.3 Å². The van der Waals surface area contributed by atoms with Crippen LogP contribution >= 0.6 is 11.3 Å². The molecular weight excluding hydrogens is 294 g/mol. The van der Waals surface area contributed by atoms with Gasteiger partial charge >= 0.3 is 0 Å². The Morgan fingerprint density at radius 2 is 2.41 bits per heavy atom. The van der Waals surface area contributed by atoms with Crippen molar-refractivity contribution in [2.45, 2.75) is 52.6 Å². The monoisotopic (exact) mass is 317 g/mol. The lowest BCUT2D eigenvalue weighted by atomic mass is 9.90. The molecule has 3 rings (SSSR count). The lowest BCUT2D eigenvalue weighted by Gasteiger charge is -2.16. The van der Waals surface area contributed by atoms with Gasteiger partial charge in [-0.15, -0.1) is 11.3 Å². The maximum Gasteiger partial charge on any atom is 0.261 e. The molecule has 0 radical (unpaired) electrons. The highest BCUT2D eigenvalue weighted by molar-refractivity contribution is 7.14. The molecule has 1 aliphatic carbocycles. The third-order valence-corrected chi connectivity index (χ3v) is 5.38. The zero-order chi connectivity index (χ0) is 15.5. The molecule has 0 bridgehead atoms. The molecule has 0 spiro atoms. The fourth-order valence-corrected chi connectivity index (χ4v) is 4.06. The van der Waals surface area contributed by atoms with Crippen molar-refractivity contribution in [1.29, 1.82) is 0 Å². The largest absolute Gasteiger partial charge is 0.347 e. The van der Waals surface area contributed by atoms with Gasteiger partial charge in [-0.25, -0.2) is 0 Å². The van der Waals surface area contributed by atoms with Crippen molar-refractivity contribution in [2.75, 3.05) is 0 Å². The zero-order valence-electron chi connectivity index (χ0n) is 13.3. The predicted molar refractivity (Wildman–Crippen MR) is 89.2 cm³/mol. The number of rotatable bonds is 5. The molecule has 1 amide bonds. The second-order valence-corrected chi connectivity index (χ2v) is 7.34. The molecule has 0 aliphatic heterocycles. The van der Waals surface area contributed by atoms with Crippen molar-refractivity contribution in [2.24, 2.45) is 5.92 Å². The van der Waals surface area contributed by atoms with Crippen LogP contribution < -0.4 is 5.32 Å². The maximum absolute atomic E-state index is 12.3. The summed E-state index contributed by atoms with van der Waals surface area (Å²) >= 11 is 1.66. The summed E-state index contributed by atoms with van der Waals surface area (Å²) in [5.41, 5.74) is 2.43. The molecule has 0 saturated carbocycles. The number of fused-ring (bicyclic) bond motifs is 1. The molecule has 5 heteroatoms. The highest BCUT2D eigenvalue weighted by Crippen LogP contribution is 2.32. The van der Waals surface area contributed by atoms with Crippen LogP contribution in [0.5, 0.6) is 0 Å². The second-order valence-electron chi connectivity index (χ2n) is 6.20. The summed E-state index contributed by atoms with van der Waals surface area (Å²) in [4.78, 5) is 14.6. The first-order valence-corrected chi connectivity index (χ1v) is 8.88. The Bertz CT molecular complexity index is 659. The first-order valence-electron chi connectivity index (χ1n) is 8.06. The number of carbonyl (C=O) groups excluding carboxylic acids is 1. The molecular formula is C17H23N3OS. The van der Waals surface area contributed by atoms with Crippen molar-refractivity contribution in [3.8, 4) is 0 Å². The summed E-state index contributed by atoms with van der Waals surface area (Å²) < 4.78 is 1.92. The van der Waals surface area contributed by atoms with E-state index in [0.29, 0.717) is 6.54 Å². The summed E-state index contributed by atoms with van der Waals surface area (Å²) in [6, 6.07) is 2.09. The average molecular weight is 317 g/mol. The number of amides is 1. The summed E-state index contributed by atoms with van der Waals surface area (Å²) in [7, 11) is 0. The van der Waals surface area contributed by atoms with E-state index in [-0.39, 0.29) is 5.91 Å². The number of thiophene rings is 1. The normalized spacial score (nSPS) is 17.3. The van der Waals surface area contributed by atoms with Crippen LogP contribution in [-0.2, 0) is 25.9 Å². The first kappa shape index (κ1) is 15.3. The van der Waals surface area contributed by atoms with Gasteiger partial charge in [-0.2, -0.15) is 5.10 Å². The van der Waals surface area contributed by atoms with Gasteiger partial charge in [0.1, 0.15) is 0 Å². The molecule has 1 atom stereocenters. The lowest BCUT2D eigenvalue weighted by Crippen LogP contribution is -2.21. The maximum atomic E-state index is 12.3. The summed E-state index contributed by atoms with van der Waals surface area (Å²) in [5, 5.41) is 7.30. The first-order chi connectivity index (χ1) is 10.7. The van der Waals surface area contributed by atoms with Gasteiger partial charge in [0.25, 0.3) is 5.91 Å². The van der Waals surface area contributed by atoms with Crippen molar-refractivity contribution in [3.05, 3.63) is 39.3 Å². The van der Waals surface area contributed by atoms with Crippen LogP contribution in [0.25, 0.3) is 0 Å². The lowest BCUT2D eigenvalue weighted by molar-refractivity contribution is 0.0955. The van der Waals surface area contributed by atoms with E-state index >= 15 is 0 Å². The minimum Gasteiger partial charge on any atom is -0.347 e. The highest BCUT2D eigenvalue weighted by atomic mass is 32.1. The van der Waals surface area contributed by atoms with Gasteiger partial charge < -0.3 is 5.32 Å². The average Bonchev–Trinajstić information content (AvgIpc) is 3.11. The topological polar surface area (TPSA) is 46.9 Å². The highest BCUT2D eigenvalue weighted by Gasteiger charge is 2.20. The van der Waals surface area contributed by atoms with Crippen molar-refractivity contribution >= 4 is 17.2 Å². The fraction of sp³-hybridized carbons (Fsp3) is 0.529. The van der Waals surface area contributed by atoms with Gasteiger partial charge in [-0.3, -0.25) is 9.48 Å². The number of carbonyl (C=O) groups is 1. The molecule has 1 N–H and O–H groups in total. The van der Waals surface area contributed by atoms with E-state index in [1.54, 1.807) is 11.3 Å². The van der Waals surface area contributed by atoms with E-state index < -0.39 is 0 Å². The molecule has 118 valence electrons. The van der Waals surface area contributed by atoms with E-state index in [1.807, 2.05) is 17.1 Å². The number of aryl methyl sites for hydroxylation is 2. The number of nitrogens with one attached hydrogen (secondary N) is 1.